The van der Waals surface area contributed by atoms with Crippen LogP contribution in [-0.2, 0) is 32.1 Å². The monoisotopic (exact) mass is 670 g/mol. The zero-order valence-corrected chi connectivity index (χ0v) is 27.5. The average molecular weight is 671 g/mol. The third kappa shape index (κ3) is 12.2. The van der Waals surface area contributed by atoms with Gasteiger partial charge in [-0.05, 0) is 49.1 Å². The number of nitrogens with two attached hydrogens (primary N) is 3. The van der Waals surface area contributed by atoms with Crippen molar-refractivity contribution in [1.29, 1.82) is 5.41 Å². The maximum atomic E-state index is 14.0. The van der Waals surface area contributed by atoms with E-state index in [0.29, 0.717) is 30.4 Å². The summed E-state index contributed by atoms with van der Waals surface area (Å²) in [6.07, 6.45) is 4.56. The Hall–Kier alpha value is -4.65. The summed E-state index contributed by atoms with van der Waals surface area (Å²) in [5.74, 6) is -4.47. The number of carbonyl (C=O) groups excluding carboxylic acids is 3. The lowest BCUT2D eigenvalue weighted by molar-refractivity contribution is -0.144. The van der Waals surface area contributed by atoms with E-state index >= 15 is 0 Å². The molecule has 256 valence electrons. The minimum atomic E-state index is -1.21. The van der Waals surface area contributed by atoms with Crippen molar-refractivity contribution in [3.8, 4) is 0 Å². The summed E-state index contributed by atoms with van der Waals surface area (Å²) in [6.45, 7) is 0.484. The Kier molecular flexibility index (Phi) is 15.7. The normalized spacial score (nSPS) is 14.7. The van der Waals surface area contributed by atoms with Crippen molar-refractivity contribution in [3.63, 3.8) is 0 Å². The zero-order valence-electron chi connectivity index (χ0n) is 26.7. The lowest BCUT2D eigenvalue weighted by Crippen LogP contribution is -2.57. The van der Waals surface area contributed by atoms with Crippen molar-refractivity contribution < 1.29 is 24.3 Å². The van der Waals surface area contributed by atoms with Gasteiger partial charge in [0, 0.05) is 25.7 Å². The molecule has 14 heteroatoms. The number of benzene rings is 2. The van der Waals surface area contributed by atoms with Crippen molar-refractivity contribution in [3.05, 3.63) is 71.3 Å². The number of aliphatic carboxylic acids is 1. The maximum absolute atomic E-state index is 14.0. The molecule has 0 bridgehead atoms. The number of nitrogen functional groups attached to an aromatic ring is 1. The number of amidine groups is 1. The molecule has 47 heavy (non-hydrogen) atoms. The number of nitrogens with one attached hydrogen (secondary N) is 3. The molecule has 10 N–H and O–H groups in total. The van der Waals surface area contributed by atoms with E-state index in [9.17, 15) is 24.3 Å². The van der Waals surface area contributed by atoms with E-state index in [1.54, 1.807) is 31.3 Å². The fourth-order valence-electron chi connectivity index (χ4n) is 5.69. The highest BCUT2D eigenvalue weighted by atomic mass is 35.5. The van der Waals surface area contributed by atoms with Gasteiger partial charge in [0.25, 0.3) is 0 Å². The number of amides is 3. The number of rotatable bonds is 16. The van der Waals surface area contributed by atoms with Crippen LogP contribution in [0.5, 0.6) is 0 Å². The summed E-state index contributed by atoms with van der Waals surface area (Å²) in [5.41, 5.74) is 18.4. The molecular formula is C33H47ClN8O5. The van der Waals surface area contributed by atoms with E-state index in [1.165, 1.54) is 4.90 Å². The van der Waals surface area contributed by atoms with Gasteiger partial charge in [-0.15, -0.1) is 12.4 Å². The van der Waals surface area contributed by atoms with Crippen molar-refractivity contribution in [2.75, 3.05) is 13.6 Å². The summed E-state index contributed by atoms with van der Waals surface area (Å²) >= 11 is 0. The Morgan fingerprint density at radius 1 is 0.936 bits per heavy atom. The Labute approximate surface area is 281 Å². The number of carboxylic acid groups (broad SMARTS) is 1. The third-order valence-corrected chi connectivity index (χ3v) is 8.22. The number of carbonyl (C=O) groups is 4. The predicted molar refractivity (Wildman–Crippen MR) is 183 cm³/mol. The topological polar surface area (TPSA) is 230 Å². The van der Waals surface area contributed by atoms with Gasteiger partial charge in [-0.3, -0.25) is 24.8 Å². The molecule has 2 aromatic rings. The van der Waals surface area contributed by atoms with Crippen molar-refractivity contribution >= 4 is 47.9 Å². The number of aliphatic imine (C=N–C) groups is 1. The summed E-state index contributed by atoms with van der Waals surface area (Å²) in [6, 6.07) is 13.9. The minimum absolute atomic E-state index is 0. The molecule has 1 aliphatic carbocycles. The van der Waals surface area contributed by atoms with Gasteiger partial charge in [0.05, 0.1) is 0 Å². The summed E-state index contributed by atoms with van der Waals surface area (Å²) in [7, 11) is 1.62. The van der Waals surface area contributed by atoms with Crippen LogP contribution in [0.25, 0.3) is 0 Å². The zero-order chi connectivity index (χ0) is 33.6. The van der Waals surface area contributed by atoms with Crippen LogP contribution < -0.4 is 27.8 Å². The molecule has 13 nitrogen and oxygen atoms in total. The molecule has 0 radical (unpaired) electrons. The quantitative estimate of drug-likeness (QED) is 0.0602. The first-order valence-electron chi connectivity index (χ1n) is 15.6. The highest BCUT2D eigenvalue weighted by Crippen LogP contribution is 2.27. The highest BCUT2D eigenvalue weighted by Gasteiger charge is 2.37. The molecule has 2 aromatic carbocycles. The van der Waals surface area contributed by atoms with E-state index in [2.05, 4.69) is 15.6 Å². The van der Waals surface area contributed by atoms with E-state index in [0.717, 1.165) is 24.8 Å². The number of nitrogens with zero attached hydrogens (tertiary/aromatic N) is 2. The molecule has 3 amide bonds. The van der Waals surface area contributed by atoms with Crippen molar-refractivity contribution in [1.82, 2.24) is 15.5 Å². The van der Waals surface area contributed by atoms with Gasteiger partial charge >= 0.3 is 5.97 Å². The largest absolute Gasteiger partial charge is 0.480 e. The molecule has 3 atom stereocenters. The van der Waals surface area contributed by atoms with E-state index in [1.807, 2.05) is 30.3 Å². The fraction of sp³-hybridized carbons (Fsp3) is 0.455. The first-order valence-corrected chi connectivity index (χ1v) is 15.6. The van der Waals surface area contributed by atoms with Gasteiger partial charge in [0.2, 0.25) is 17.7 Å². The predicted octanol–water partition coefficient (Wildman–Crippen LogP) is 1.90. The number of hydrogen-bond acceptors (Lipinski definition) is 6. The molecular weight excluding hydrogens is 624 g/mol. The third-order valence-electron chi connectivity index (χ3n) is 8.22. The van der Waals surface area contributed by atoms with E-state index in [-0.39, 0.29) is 56.1 Å². The number of carboxylic acids is 1. The lowest BCUT2D eigenvalue weighted by Gasteiger charge is -2.32. The highest BCUT2D eigenvalue weighted by molar-refractivity contribution is 6.02. The molecule has 1 saturated carbocycles. The molecule has 1 unspecified atom stereocenters. The summed E-state index contributed by atoms with van der Waals surface area (Å²) in [4.78, 5) is 58.9. The molecule has 1 fully saturated rings. The minimum Gasteiger partial charge on any atom is -0.480 e. The molecule has 0 aromatic heterocycles. The van der Waals surface area contributed by atoms with Crippen LogP contribution in [0.15, 0.2) is 59.6 Å². The van der Waals surface area contributed by atoms with Gasteiger partial charge in [-0.2, -0.15) is 0 Å². The van der Waals surface area contributed by atoms with Crippen LogP contribution in [0, 0.1) is 17.2 Å². The van der Waals surface area contributed by atoms with Gasteiger partial charge < -0.3 is 37.8 Å². The van der Waals surface area contributed by atoms with Gasteiger partial charge in [0.1, 0.15) is 23.8 Å². The smallest absolute Gasteiger partial charge is 0.326 e. The maximum Gasteiger partial charge on any atom is 0.326 e. The number of halogens is 1. The standard InChI is InChI=1S/C33H46N8O5.ClH/c1-41(20-22-9-4-2-5-10-22)31(44)25(19-21-14-16-24(17-15-21)28(34)35)29(42)40-27(23-11-6-3-7-12-23)30(43)39-26(32(45)46)13-8-18-38-33(36)37;/h2,4-5,9-10,14-17,23,25-27H,3,6-8,11-13,18-20H2,1H3,(H3,34,35)(H,39,43)(H,40,42)(H,45,46)(H4,36,37,38);1H/t25-,26?,27-;/m0./s1. The second-order valence-corrected chi connectivity index (χ2v) is 11.8. The van der Waals surface area contributed by atoms with Crippen LogP contribution in [-0.4, -0.2) is 71.2 Å². The van der Waals surface area contributed by atoms with Crippen LogP contribution in [0.4, 0.5) is 0 Å². The molecule has 3 rings (SSSR count). The second kappa shape index (κ2) is 19.1. The molecule has 0 saturated heterocycles. The number of guanidine groups is 1. The van der Waals surface area contributed by atoms with Crippen LogP contribution in [0.1, 0.15) is 61.6 Å². The van der Waals surface area contributed by atoms with Gasteiger partial charge in [-0.1, -0.05) is 73.9 Å². The summed E-state index contributed by atoms with van der Waals surface area (Å²) < 4.78 is 0. The summed E-state index contributed by atoms with van der Waals surface area (Å²) in [5, 5.41) is 22.9. The van der Waals surface area contributed by atoms with Crippen LogP contribution >= 0.6 is 12.4 Å². The Morgan fingerprint density at radius 2 is 1.57 bits per heavy atom. The van der Waals surface area contributed by atoms with Crippen LogP contribution in [0.3, 0.4) is 0 Å². The SMILES string of the molecule is CN(Cc1ccccc1)C(=O)[C@@H](Cc1ccc(C(=N)N)cc1)C(=O)N[C@H](C(=O)NC(CCCN=C(N)N)C(=O)O)C1CCCCC1.Cl. The molecule has 0 spiro atoms. The van der Waals surface area contributed by atoms with E-state index in [4.69, 9.17) is 22.6 Å². The number of hydrogen-bond donors (Lipinski definition) is 7. The van der Waals surface area contributed by atoms with Gasteiger partial charge in [-0.25, -0.2) is 4.79 Å². The first kappa shape index (κ1) is 38.5. The van der Waals surface area contributed by atoms with Crippen molar-refractivity contribution in [2.45, 2.75) is 70.0 Å². The second-order valence-electron chi connectivity index (χ2n) is 11.8. The average Bonchev–Trinajstić information content (AvgIpc) is 3.04. The molecule has 0 heterocycles. The fourth-order valence-corrected chi connectivity index (χ4v) is 5.69. The Morgan fingerprint density at radius 3 is 2.15 bits per heavy atom. The first-order chi connectivity index (χ1) is 22.0. The lowest BCUT2D eigenvalue weighted by atomic mass is 9.83. The molecule has 0 aliphatic heterocycles. The Bertz CT molecular complexity index is 1380. The molecule has 1 aliphatic rings. The van der Waals surface area contributed by atoms with E-state index < -0.39 is 41.7 Å². The van der Waals surface area contributed by atoms with Crippen molar-refractivity contribution in [2.24, 2.45) is 34.0 Å². The van der Waals surface area contributed by atoms with Gasteiger partial charge in [0.15, 0.2) is 5.96 Å². The van der Waals surface area contributed by atoms with Crippen LogP contribution in [0.2, 0.25) is 0 Å². The Balaban J connectivity index is 0.00000768.